The molecule has 0 amide bonds. The van der Waals surface area contributed by atoms with Gasteiger partial charge in [0.05, 0.1) is 9.52 Å². The van der Waals surface area contributed by atoms with Crippen LogP contribution in [0.25, 0.3) is 54.9 Å². The molecular formula is C54H53Cl2SiZr-3. The second kappa shape index (κ2) is 21.5. The average Bonchev–Trinajstić information content (AvgIpc) is 4.01. The molecule has 0 saturated carbocycles. The van der Waals surface area contributed by atoms with Crippen LogP contribution in [0.15, 0.2) is 152 Å². The molecule has 8 aromatic carbocycles. The maximum absolute atomic E-state index is 4.93. The molecule has 0 nitrogen and oxygen atoms in total. The summed E-state index contributed by atoms with van der Waals surface area (Å²) >= 11 is -0.826. The van der Waals surface area contributed by atoms with E-state index in [4.69, 9.17) is 17.0 Å². The van der Waals surface area contributed by atoms with Crippen molar-refractivity contribution in [3.05, 3.63) is 180 Å². The van der Waals surface area contributed by atoms with Crippen molar-refractivity contribution >= 4 is 58.5 Å². The van der Waals surface area contributed by atoms with Crippen LogP contribution in [0.2, 0.25) is 0 Å². The summed E-state index contributed by atoms with van der Waals surface area (Å²) in [5, 5.41) is 8.34. The van der Waals surface area contributed by atoms with Crippen molar-refractivity contribution in [2.45, 2.75) is 79.1 Å². The van der Waals surface area contributed by atoms with Gasteiger partial charge in [-0.25, -0.2) is 0 Å². The van der Waals surface area contributed by atoms with E-state index in [1.165, 1.54) is 100 Å². The molecular weight excluding hydrogens is 839 g/mol. The number of hydrogen-bond donors (Lipinski definition) is 0. The molecule has 9 rings (SSSR count). The topological polar surface area (TPSA) is 0 Å². The molecule has 1 aliphatic heterocycles. The van der Waals surface area contributed by atoms with Crippen LogP contribution in [0.4, 0.5) is 0 Å². The van der Waals surface area contributed by atoms with E-state index >= 15 is 0 Å². The summed E-state index contributed by atoms with van der Waals surface area (Å²) in [6.45, 7) is 13.6. The van der Waals surface area contributed by atoms with E-state index in [0.717, 1.165) is 22.4 Å². The van der Waals surface area contributed by atoms with Crippen molar-refractivity contribution in [1.29, 1.82) is 0 Å². The average molecular weight is 892 g/mol. The van der Waals surface area contributed by atoms with Crippen molar-refractivity contribution in [1.82, 2.24) is 0 Å². The van der Waals surface area contributed by atoms with Crippen LogP contribution < -0.4 is 10.4 Å². The Labute approximate surface area is 368 Å². The van der Waals surface area contributed by atoms with E-state index in [2.05, 4.69) is 193 Å². The zero-order chi connectivity index (χ0) is 41.0. The second-order valence-corrected chi connectivity index (χ2v) is 20.1. The Bertz CT molecular complexity index is 2370. The quantitative estimate of drug-likeness (QED) is 0.105. The minimum absolute atomic E-state index is 0.595. The van der Waals surface area contributed by atoms with Gasteiger partial charge in [0, 0.05) is 0 Å². The van der Waals surface area contributed by atoms with Crippen molar-refractivity contribution < 1.29 is 20.8 Å². The Morgan fingerprint density at radius 3 is 1.45 bits per heavy atom. The molecule has 0 aromatic heterocycles. The Morgan fingerprint density at radius 1 is 0.534 bits per heavy atom. The predicted octanol–water partition coefficient (Wildman–Crippen LogP) is 15.1. The van der Waals surface area contributed by atoms with Gasteiger partial charge in [0.15, 0.2) is 0 Å². The number of benzene rings is 6. The number of hydrogen-bond acceptors (Lipinski definition) is 0. The molecule has 2 radical (unpaired) electrons. The van der Waals surface area contributed by atoms with Gasteiger partial charge < -0.3 is 0 Å². The van der Waals surface area contributed by atoms with Gasteiger partial charge in [0.1, 0.15) is 0 Å². The van der Waals surface area contributed by atoms with Crippen LogP contribution in [0.5, 0.6) is 0 Å². The molecule has 0 bridgehead atoms. The van der Waals surface area contributed by atoms with Crippen LogP contribution in [-0.4, -0.2) is 9.52 Å². The molecule has 0 fully saturated rings. The molecule has 2 unspecified atom stereocenters. The minimum atomic E-state index is -0.826. The molecule has 0 N–H and O–H groups in total. The van der Waals surface area contributed by atoms with E-state index in [1.807, 2.05) is 6.07 Å². The molecule has 294 valence electrons. The van der Waals surface area contributed by atoms with Gasteiger partial charge in [-0.15, -0.1) is 74.6 Å². The van der Waals surface area contributed by atoms with Gasteiger partial charge in [0.2, 0.25) is 0 Å². The van der Waals surface area contributed by atoms with E-state index < -0.39 is 20.8 Å². The maximum atomic E-state index is 4.93. The summed E-state index contributed by atoms with van der Waals surface area (Å²) in [4.78, 5) is 0. The van der Waals surface area contributed by atoms with Crippen LogP contribution in [0, 0.1) is 6.07 Å². The number of fused-ring (bicyclic) bond motifs is 5. The third-order valence-electron chi connectivity index (χ3n) is 11.6. The fourth-order valence-electron chi connectivity index (χ4n) is 7.98. The summed E-state index contributed by atoms with van der Waals surface area (Å²) in [6, 6.07) is 58.6. The molecule has 0 aliphatic carbocycles. The zero-order valence-electron chi connectivity index (χ0n) is 34.7. The molecule has 1 aliphatic rings. The van der Waals surface area contributed by atoms with Crippen LogP contribution in [0.3, 0.4) is 0 Å². The standard InChI is InChI=1S/2C21H23.C12H7Si.2ClH.Zr/c2*1-4-15(3)18-10-6-7-11-19(18)20-12-8-9-17-13-16(5-2)14-21(17)20;1-3-7-11-9(5-1)10-6-2-4-8-12(10)13-11;;;/h2*6-15H,4-5H2,1-3H3;1-7H;2*1H;/q3*-1;;;+2/p-2. The third-order valence-corrected chi connectivity index (χ3v) is 12.9. The van der Waals surface area contributed by atoms with E-state index in [9.17, 15) is 0 Å². The molecule has 4 heteroatoms. The third kappa shape index (κ3) is 10.1. The fourth-order valence-corrected chi connectivity index (χ4v) is 9.29. The molecule has 0 spiro atoms. The second-order valence-electron chi connectivity index (χ2n) is 15.0. The molecule has 1 heterocycles. The van der Waals surface area contributed by atoms with Crippen LogP contribution in [0.1, 0.15) is 88.5 Å². The van der Waals surface area contributed by atoms with Crippen molar-refractivity contribution in [2.75, 3.05) is 0 Å². The van der Waals surface area contributed by atoms with Gasteiger partial charge in [-0.1, -0.05) is 148 Å². The molecule has 2 atom stereocenters. The van der Waals surface area contributed by atoms with E-state index in [0.29, 0.717) is 11.8 Å². The van der Waals surface area contributed by atoms with Crippen molar-refractivity contribution in [3.63, 3.8) is 0 Å². The van der Waals surface area contributed by atoms with Crippen molar-refractivity contribution in [3.8, 4) is 33.4 Å². The van der Waals surface area contributed by atoms with Gasteiger partial charge in [-0.3, -0.25) is 0 Å². The summed E-state index contributed by atoms with van der Waals surface area (Å²) < 4.78 is 0. The smallest absolute Gasteiger partial charge is 0.0920 e. The van der Waals surface area contributed by atoms with E-state index in [-0.39, 0.29) is 0 Å². The minimum Gasteiger partial charge on any atom is -0.184 e. The number of halogens is 2. The van der Waals surface area contributed by atoms with Gasteiger partial charge in [-0.2, -0.15) is 41.6 Å². The van der Waals surface area contributed by atoms with Crippen LogP contribution in [-0.2, 0) is 33.7 Å². The molecule has 58 heavy (non-hydrogen) atoms. The van der Waals surface area contributed by atoms with Gasteiger partial charge in [-0.05, 0) is 59.8 Å². The molecule has 0 saturated heterocycles. The molecule has 8 aromatic rings. The zero-order valence-corrected chi connectivity index (χ0v) is 39.6. The first-order valence-electron chi connectivity index (χ1n) is 20.7. The Morgan fingerprint density at radius 2 is 0.966 bits per heavy atom. The first-order valence-corrected chi connectivity index (χ1v) is 28.1. The maximum Gasteiger partial charge on any atom is 0.0920 e. The first kappa shape index (κ1) is 43.8. The normalized spacial score (nSPS) is 12.2. The summed E-state index contributed by atoms with van der Waals surface area (Å²) in [7, 11) is 10.7. The Hall–Kier alpha value is -3.78. The van der Waals surface area contributed by atoms with E-state index in [1.54, 1.807) is 0 Å². The predicted molar refractivity (Wildman–Crippen MR) is 254 cm³/mol. The van der Waals surface area contributed by atoms with Crippen molar-refractivity contribution in [2.24, 2.45) is 0 Å². The summed E-state index contributed by atoms with van der Waals surface area (Å²) in [5.41, 5.74) is 14.1. The van der Waals surface area contributed by atoms with Crippen LogP contribution >= 0.6 is 17.0 Å². The first-order chi connectivity index (χ1) is 28.3. The number of rotatable bonds is 8. The number of aryl methyl sites for hydroxylation is 2. The summed E-state index contributed by atoms with van der Waals surface area (Å²) in [5.74, 6) is 1.19. The summed E-state index contributed by atoms with van der Waals surface area (Å²) in [6.07, 6.45) is 4.55. The largest absolute Gasteiger partial charge is 0.184 e. The SMILES string of the molecule is CCc1cc2c(-c3ccccc3C(C)CC)cccc2[cH-]1.CCc1cc2c(-c3ccccc3C(C)CC)cccc2[cH-]1.[Cl][Zr][Cl].[c-]1cccc2c1[Si]c1ccccc1-2. The Kier molecular flexibility index (Phi) is 16.2. The fraction of sp³-hybridized carbons (Fsp3) is 0.222. The monoisotopic (exact) mass is 889 g/mol. The van der Waals surface area contributed by atoms with Gasteiger partial charge in [0.25, 0.3) is 0 Å². The Balaban J connectivity index is 0.000000145. The van der Waals surface area contributed by atoms with Gasteiger partial charge >= 0.3 is 37.9 Å².